The summed E-state index contributed by atoms with van der Waals surface area (Å²) >= 11 is 3.31. The zero-order chi connectivity index (χ0) is 20.1. The Balaban J connectivity index is 2.42. The molecule has 0 bridgehead atoms. The second kappa shape index (κ2) is 14.2. The van der Waals surface area contributed by atoms with E-state index >= 15 is 0 Å². The monoisotopic (exact) mass is 588 g/mol. The molecule has 1 atom stereocenters. The minimum absolute atomic E-state index is 0.145. The average molecular weight is 588 g/mol. The molecular weight excluding hydrogens is 546 g/mol. The summed E-state index contributed by atoms with van der Waals surface area (Å²) in [6.07, 6.45) is 16.3. The summed E-state index contributed by atoms with van der Waals surface area (Å²) in [6, 6.07) is 0. The standard InChI is InChI=1S/C17H27NOS.3C2H5.Pb/c1-2-3-4-5-6-7-8-9-14-16(19)18-17(20)15-12-10-11-13-15;3*1-2;/h10-11,17H,2-9,12,14H2,1H3,(H,18,19);3*1H2,2H3;. The molecule has 0 saturated carbocycles. The minimum atomic E-state index is -2.42. The molecule has 1 aliphatic rings. The Morgan fingerprint density at radius 1 is 1.00 bits per heavy atom. The van der Waals surface area contributed by atoms with E-state index in [0.29, 0.717) is 6.42 Å². The van der Waals surface area contributed by atoms with Crippen molar-refractivity contribution in [2.45, 2.75) is 109 Å². The first kappa shape index (κ1) is 25.3. The molecule has 0 aromatic rings. The third kappa shape index (κ3) is 8.24. The van der Waals surface area contributed by atoms with Gasteiger partial charge in [0, 0.05) is 0 Å². The molecule has 1 unspecified atom stereocenters. The zero-order valence-electron chi connectivity index (χ0n) is 18.2. The molecule has 1 amide bonds. The quantitative estimate of drug-likeness (QED) is 0.156. The number of carbonyl (C=O) groups is 1. The van der Waals surface area contributed by atoms with Gasteiger partial charge in [-0.05, 0) is 0 Å². The molecule has 0 aliphatic heterocycles. The molecule has 2 nitrogen and oxygen atoms in total. The van der Waals surface area contributed by atoms with Crippen LogP contribution in [-0.2, 0) is 4.79 Å². The van der Waals surface area contributed by atoms with Crippen LogP contribution in [0.25, 0.3) is 0 Å². The van der Waals surface area contributed by atoms with E-state index in [1.165, 1.54) is 62.5 Å². The normalized spacial score (nSPS) is 15.4. The Hall–Kier alpha value is 0.222. The van der Waals surface area contributed by atoms with Crippen LogP contribution < -0.4 is 5.32 Å². The van der Waals surface area contributed by atoms with Crippen molar-refractivity contribution >= 4 is 39.7 Å². The maximum atomic E-state index is 12.3. The van der Waals surface area contributed by atoms with Gasteiger partial charge in [0.25, 0.3) is 0 Å². The Bertz CT molecular complexity index is 488. The molecular formula is C23H42NOPbS. The second-order valence-electron chi connectivity index (χ2n) is 8.06. The van der Waals surface area contributed by atoms with Gasteiger partial charge in [0.05, 0.1) is 0 Å². The van der Waals surface area contributed by atoms with Gasteiger partial charge in [0.15, 0.2) is 0 Å². The Morgan fingerprint density at radius 2 is 1.56 bits per heavy atom. The van der Waals surface area contributed by atoms with Crippen LogP contribution in [0, 0.1) is 0 Å². The first-order valence-electron chi connectivity index (χ1n) is 11.4. The second-order valence-corrected chi connectivity index (χ2v) is 28.8. The number of amides is 1. The molecule has 4 heteroatoms. The van der Waals surface area contributed by atoms with Crippen LogP contribution in [0.1, 0.15) is 91.9 Å². The fourth-order valence-corrected chi connectivity index (χ4v) is 20.8. The molecule has 0 heterocycles. The zero-order valence-corrected chi connectivity index (χ0v) is 22.9. The third-order valence-electron chi connectivity index (χ3n) is 6.44. The number of rotatable bonds is 15. The first-order valence-corrected chi connectivity index (χ1v) is 22.1. The summed E-state index contributed by atoms with van der Waals surface area (Å²) in [6.45, 7) is 9.35. The molecule has 0 aromatic carbocycles. The fourth-order valence-electron chi connectivity index (χ4n) is 4.33. The number of hydrogen-bond donors (Lipinski definition) is 1. The van der Waals surface area contributed by atoms with E-state index in [-0.39, 0.29) is 11.3 Å². The average Bonchev–Trinajstić information content (AvgIpc) is 3.16. The van der Waals surface area contributed by atoms with Gasteiger partial charge in [-0.2, -0.15) is 0 Å². The van der Waals surface area contributed by atoms with Crippen LogP contribution in [0.2, 0.25) is 11.9 Å². The van der Waals surface area contributed by atoms with E-state index in [1.807, 2.05) is 0 Å². The van der Waals surface area contributed by atoms with Crippen molar-refractivity contribution in [3.05, 3.63) is 20.9 Å². The third-order valence-corrected chi connectivity index (χ3v) is 29.0. The molecule has 1 rings (SSSR count). The van der Waals surface area contributed by atoms with Gasteiger partial charge in [-0.15, -0.1) is 0 Å². The molecule has 27 heavy (non-hydrogen) atoms. The van der Waals surface area contributed by atoms with Gasteiger partial charge in [0.1, 0.15) is 0 Å². The molecule has 0 saturated heterocycles. The summed E-state index contributed by atoms with van der Waals surface area (Å²) in [5.74, 6) is 0.145. The molecule has 0 aromatic heterocycles. The van der Waals surface area contributed by atoms with Crippen LogP contribution >= 0.6 is 12.6 Å². The van der Waals surface area contributed by atoms with E-state index < -0.39 is 21.2 Å². The predicted molar refractivity (Wildman–Crippen MR) is 125 cm³/mol. The summed E-state index contributed by atoms with van der Waals surface area (Å²) < 4.78 is 5.65. The van der Waals surface area contributed by atoms with E-state index in [4.69, 9.17) is 12.6 Å². The van der Waals surface area contributed by atoms with Crippen molar-refractivity contribution in [1.29, 1.82) is 0 Å². The van der Waals surface area contributed by atoms with Crippen LogP contribution in [0.4, 0.5) is 0 Å². The van der Waals surface area contributed by atoms with Gasteiger partial charge in [-0.1, -0.05) is 19.8 Å². The van der Waals surface area contributed by atoms with E-state index in [0.717, 1.165) is 12.8 Å². The molecule has 0 spiro atoms. The predicted octanol–water partition coefficient (Wildman–Crippen LogP) is 7.46. The van der Waals surface area contributed by atoms with Crippen molar-refractivity contribution in [3.8, 4) is 0 Å². The SMILES string of the molecule is CCCCCCCCCCC(=O)NC([S])C1=[C]([Pb]([CH2]C)([CH2]C)[CH2]C)C=CC1. The van der Waals surface area contributed by atoms with Gasteiger partial charge in [-0.3, -0.25) is 0 Å². The van der Waals surface area contributed by atoms with Crippen LogP contribution in [0.15, 0.2) is 20.9 Å². The number of allylic oxidation sites excluding steroid dienone is 3. The van der Waals surface area contributed by atoms with E-state index in [2.05, 4.69) is 45.2 Å². The van der Waals surface area contributed by atoms with Crippen molar-refractivity contribution in [2.75, 3.05) is 0 Å². The topological polar surface area (TPSA) is 29.1 Å². The van der Waals surface area contributed by atoms with Gasteiger partial charge < -0.3 is 0 Å². The van der Waals surface area contributed by atoms with Crippen molar-refractivity contribution in [1.82, 2.24) is 5.32 Å². The molecule has 1 radical (unpaired) electrons. The van der Waals surface area contributed by atoms with Crippen LogP contribution in [0.3, 0.4) is 0 Å². The molecule has 1 N–H and O–H groups in total. The Labute approximate surface area is 179 Å². The first-order chi connectivity index (χ1) is 13.0. The summed E-state index contributed by atoms with van der Waals surface area (Å²) in [4.78, 5) is 12.3. The summed E-state index contributed by atoms with van der Waals surface area (Å²) in [7, 11) is 0. The molecule has 155 valence electrons. The molecule has 0 fully saturated rings. The number of nitrogens with one attached hydrogen (secondary N) is 1. The number of hydrogen-bond acceptors (Lipinski definition) is 1. The van der Waals surface area contributed by atoms with Crippen molar-refractivity contribution in [2.24, 2.45) is 0 Å². The summed E-state index contributed by atoms with van der Waals surface area (Å²) in [5.41, 5.74) is 1.35. The van der Waals surface area contributed by atoms with E-state index in [1.54, 1.807) is 3.13 Å². The van der Waals surface area contributed by atoms with Crippen LogP contribution in [0.5, 0.6) is 0 Å². The Morgan fingerprint density at radius 3 is 2.11 bits per heavy atom. The molecule has 1 aliphatic carbocycles. The summed E-state index contributed by atoms with van der Waals surface area (Å²) in [5, 5.41) is 2.92. The fraction of sp³-hybridized carbons (Fsp3) is 0.783. The van der Waals surface area contributed by atoms with Crippen molar-refractivity contribution in [3.63, 3.8) is 0 Å². The van der Waals surface area contributed by atoms with Gasteiger partial charge >= 0.3 is 160 Å². The maximum absolute atomic E-state index is 12.3. The number of carbonyl (C=O) groups excluding carboxylic acids is 1. The van der Waals surface area contributed by atoms with E-state index in [9.17, 15) is 4.79 Å². The van der Waals surface area contributed by atoms with Gasteiger partial charge in [-0.25, -0.2) is 0 Å². The van der Waals surface area contributed by atoms with Crippen molar-refractivity contribution < 1.29 is 4.79 Å². The number of unbranched alkanes of at least 4 members (excludes halogenated alkanes) is 7. The Kier molecular flexibility index (Phi) is 13.3. The van der Waals surface area contributed by atoms with Gasteiger partial charge in [0.2, 0.25) is 0 Å². The van der Waals surface area contributed by atoms with Crippen LogP contribution in [-0.4, -0.2) is 32.5 Å².